The fourth-order valence-electron chi connectivity index (χ4n) is 1.85. The zero-order valence-electron chi connectivity index (χ0n) is 11.7. The number of aryl methyl sites for hydroxylation is 1. The molecular formula is C13H17N5O2. The van der Waals surface area contributed by atoms with Gasteiger partial charge in [0.05, 0.1) is 13.2 Å². The van der Waals surface area contributed by atoms with Gasteiger partial charge in [-0.25, -0.2) is 4.98 Å². The first-order valence-corrected chi connectivity index (χ1v) is 6.34. The van der Waals surface area contributed by atoms with Gasteiger partial charge >= 0.3 is 0 Å². The van der Waals surface area contributed by atoms with Crippen molar-refractivity contribution in [2.75, 3.05) is 7.11 Å². The van der Waals surface area contributed by atoms with Crippen molar-refractivity contribution in [1.82, 2.24) is 25.1 Å². The van der Waals surface area contributed by atoms with Crippen LogP contribution in [0.15, 0.2) is 24.7 Å². The second-order valence-corrected chi connectivity index (χ2v) is 4.26. The molecule has 0 fully saturated rings. The summed E-state index contributed by atoms with van der Waals surface area (Å²) in [4.78, 5) is 16.1. The number of carbonyl (C=O) groups excluding carboxylic acids is 1. The Bertz CT molecular complexity index is 596. The number of nitrogens with one attached hydrogen (secondary N) is 1. The second-order valence-electron chi connectivity index (χ2n) is 4.26. The van der Waals surface area contributed by atoms with Crippen LogP contribution in [0.2, 0.25) is 0 Å². The summed E-state index contributed by atoms with van der Waals surface area (Å²) in [6, 6.07) is 2.99. The molecule has 1 N–H and O–H groups in total. The van der Waals surface area contributed by atoms with Crippen LogP contribution in [0.4, 0.5) is 0 Å². The first-order valence-electron chi connectivity index (χ1n) is 6.34. The van der Waals surface area contributed by atoms with Crippen molar-refractivity contribution in [2.24, 2.45) is 0 Å². The first-order chi connectivity index (χ1) is 9.65. The van der Waals surface area contributed by atoms with Crippen LogP contribution in [0.1, 0.15) is 36.1 Å². The second kappa shape index (κ2) is 6.14. The van der Waals surface area contributed by atoms with Gasteiger partial charge in [0.25, 0.3) is 5.91 Å². The van der Waals surface area contributed by atoms with E-state index in [4.69, 9.17) is 4.74 Å². The first kappa shape index (κ1) is 14.0. The Hall–Kier alpha value is -2.44. The number of aromatic nitrogens is 4. The van der Waals surface area contributed by atoms with E-state index in [-0.39, 0.29) is 11.9 Å². The smallest absolute Gasteiger partial charge is 0.252 e. The minimum Gasteiger partial charge on any atom is -0.481 e. The molecule has 0 radical (unpaired) electrons. The molecule has 2 aromatic heterocycles. The zero-order valence-corrected chi connectivity index (χ0v) is 11.7. The number of ether oxygens (including phenoxy) is 1. The van der Waals surface area contributed by atoms with Crippen LogP contribution in [-0.2, 0) is 6.54 Å². The van der Waals surface area contributed by atoms with Crippen LogP contribution in [0.5, 0.6) is 5.88 Å². The molecule has 0 aromatic carbocycles. The van der Waals surface area contributed by atoms with Crippen LogP contribution in [0.25, 0.3) is 0 Å². The summed E-state index contributed by atoms with van der Waals surface area (Å²) in [7, 11) is 1.51. The van der Waals surface area contributed by atoms with Gasteiger partial charge in [0.2, 0.25) is 5.88 Å². The van der Waals surface area contributed by atoms with E-state index in [1.807, 2.05) is 18.4 Å². The molecule has 0 aliphatic heterocycles. The Morgan fingerprint density at radius 1 is 1.55 bits per heavy atom. The number of hydrogen-bond donors (Lipinski definition) is 1. The van der Waals surface area contributed by atoms with Crippen molar-refractivity contribution in [1.29, 1.82) is 0 Å². The molecule has 0 bridgehead atoms. The molecule has 2 heterocycles. The molecule has 0 aliphatic rings. The highest BCUT2D eigenvalue weighted by molar-refractivity contribution is 5.94. The fourth-order valence-corrected chi connectivity index (χ4v) is 1.85. The largest absolute Gasteiger partial charge is 0.481 e. The molecule has 0 saturated carbocycles. The van der Waals surface area contributed by atoms with Crippen LogP contribution < -0.4 is 10.1 Å². The highest BCUT2D eigenvalue weighted by Crippen LogP contribution is 2.12. The van der Waals surface area contributed by atoms with E-state index in [2.05, 4.69) is 20.5 Å². The Morgan fingerprint density at radius 2 is 2.35 bits per heavy atom. The summed E-state index contributed by atoms with van der Waals surface area (Å²) >= 11 is 0. The predicted octanol–water partition coefficient (Wildman–Crippen LogP) is 1.19. The Labute approximate surface area is 117 Å². The maximum atomic E-state index is 12.2. The predicted molar refractivity (Wildman–Crippen MR) is 72.4 cm³/mol. The van der Waals surface area contributed by atoms with Gasteiger partial charge in [-0.05, 0) is 19.9 Å². The average Bonchev–Trinajstić information content (AvgIpc) is 2.95. The van der Waals surface area contributed by atoms with Crippen molar-refractivity contribution in [3.05, 3.63) is 36.0 Å². The van der Waals surface area contributed by atoms with E-state index in [0.717, 1.165) is 12.4 Å². The van der Waals surface area contributed by atoms with Crippen molar-refractivity contribution >= 4 is 5.91 Å². The average molecular weight is 275 g/mol. The minimum atomic E-state index is -0.232. The molecule has 0 saturated heterocycles. The standard InChI is InChI=1S/C13H17N5O2/c1-4-18-8-15-17-12(18)9(2)16-13(19)10-5-6-14-11(7-10)20-3/h5-9H,4H2,1-3H3,(H,16,19)/t9-/m1/s1. The maximum absolute atomic E-state index is 12.2. The van der Waals surface area contributed by atoms with E-state index in [9.17, 15) is 4.79 Å². The molecule has 106 valence electrons. The molecule has 2 rings (SSSR count). The van der Waals surface area contributed by atoms with Crippen molar-refractivity contribution in [2.45, 2.75) is 26.4 Å². The van der Waals surface area contributed by atoms with Crippen molar-refractivity contribution in [3.63, 3.8) is 0 Å². The molecule has 0 unspecified atom stereocenters. The summed E-state index contributed by atoms with van der Waals surface area (Å²) in [5.41, 5.74) is 0.492. The molecule has 20 heavy (non-hydrogen) atoms. The van der Waals surface area contributed by atoms with E-state index >= 15 is 0 Å². The molecule has 0 spiro atoms. The van der Waals surface area contributed by atoms with Gasteiger partial charge < -0.3 is 14.6 Å². The molecule has 2 aromatic rings. The Balaban J connectivity index is 2.11. The number of nitrogens with zero attached hydrogens (tertiary/aromatic N) is 4. The zero-order chi connectivity index (χ0) is 14.5. The highest BCUT2D eigenvalue weighted by Gasteiger charge is 2.16. The lowest BCUT2D eigenvalue weighted by molar-refractivity contribution is 0.0937. The van der Waals surface area contributed by atoms with Crippen LogP contribution >= 0.6 is 0 Å². The topological polar surface area (TPSA) is 81.9 Å². The summed E-state index contributed by atoms with van der Waals surface area (Å²) in [6.07, 6.45) is 3.18. The summed E-state index contributed by atoms with van der Waals surface area (Å²) < 4.78 is 6.89. The van der Waals surface area contributed by atoms with Gasteiger partial charge in [0, 0.05) is 24.4 Å². The van der Waals surface area contributed by atoms with Crippen molar-refractivity contribution < 1.29 is 9.53 Å². The molecular weight excluding hydrogens is 258 g/mol. The number of carbonyl (C=O) groups is 1. The van der Waals surface area contributed by atoms with Gasteiger partial charge in [-0.15, -0.1) is 10.2 Å². The van der Waals surface area contributed by atoms with E-state index in [1.54, 1.807) is 18.5 Å². The Morgan fingerprint density at radius 3 is 3.05 bits per heavy atom. The van der Waals surface area contributed by atoms with E-state index in [1.165, 1.54) is 13.3 Å². The number of methoxy groups -OCH3 is 1. The number of hydrogen-bond acceptors (Lipinski definition) is 5. The summed E-state index contributed by atoms with van der Waals surface area (Å²) in [5, 5.41) is 10.8. The molecule has 7 nitrogen and oxygen atoms in total. The van der Waals surface area contributed by atoms with E-state index < -0.39 is 0 Å². The van der Waals surface area contributed by atoms with Gasteiger partial charge in [-0.2, -0.15) is 0 Å². The molecule has 0 aliphatic carbocycles. The summed E-state index contributed by atoms with van der Waals surface area (Å²) in [5.74, 6) is 0.924. The van der Waals surface area contributed by atoms with Crippen LogP contribution in [0, 0.1) is 0 Å². The number of pyridine rings is 1. The fraction of sp³-hybridized carbons (Fsp3) is 0.385. The monoisotopic (exact) mass is 275 g/mol. The van der Waals surface area contributed by atoms with Crippen molar-refractivity contribution in [3.8, 4) is 5.88 Å². The lowest BCUT2D eigenvalue weighted by Gasteiger charge is -2.14. The third-order valence-electron chi connectivity index (χ3n) is 2.93. The molecule has 7 heteroatoms. The van der Waals surface area contributed by atoms with Gasteiger partial charge in [-0.3, -0.25) is 4.79 Å². The Kier molecular flexibility index (Phi) is 4.29. The van der Waals surface area contributed by atoms with Crippen LogP contribution in [-0.4, -0.2) is 32.8 Å². The summed E-state index contributed by atoms with van der Waals surface area (Å²) in [6.45, 7) is 4.62. The highest BCUT2D eigenvalue weighted by atomic mass is 16.5. The van der Waals surface area contributed by atoms with E-state index in [0.29, 0.717) is 11.4 Å². The quantitative estimate of drug-likeness (QED) is 0.886. The molecule has 1 amide bonds. The number of rotatable bonds is 5. The normalized spacial score (nSPS) is 11.9. The van der Waals surface area contributed by atoms with Crippen LogP contribution in [0.3, 0.4) is 0 Å². The minimum absolute atomic E-state index is 0.205. The van der Waals surface area contributed by atoms with Gasteiger partial charge in [0.1, 0.15) is 6.33 Å². The molecule has 1 atom stereocenters. The lowest BCUT2D eigenvalue weighted by atomic mass is 10.2. The third-order valence-corrected chi connectivity index (χ3v) is 2.93. The van der Waals surface area contributed by atoms with Gasteiger partial charge in [0.15, 0.2) is 5.82 Å². The maximum Gasteiger partial charge on any atom is 0.252 e. The SMILES string of the molecule is CCn1cnnc1[C@@H](C)NC(=O)c1ccnc(OC)c1. The lowest BCUT2D eigenvalue weighted by Crippen LogP contribution is -2.28. The third kappa shape index (κ3) is 2.93. The number of amides is 1. The van der Waals surface area contributed by atoms with Gasteiger partial charge in [-0.1, -0.05) is 0 Å².